The van der Waals surface area contributed by atoms with Crippen molar-refractivity contribution in [3.63, 3.8) is 0 Å². The van der Waals surface area contributed by atoms with E-state index in [1.807, 2.05) is 0 Å². The molecular weight excluding hydrogens is 441 g/mol. The quantitative estimate of drug-likeness (QED) is 0.478. The molecule has 1 unspecified atom stereocenters. The highest BCUT2D eigenvalue weighted by atomic mass is 19.1. The van der Waals surface area contributed by atoms with Gasteiger partial charge in [-0.2, -0.15) is 0 Å². The Bertz CT molecular complexity index is 951. The third kappa shape index (κ3) is 5.10. The first-order chi connectivity index (χ1) is 16.3. The lowest BCUT2D eigenvalue weighted by Crippen LogP contribution is -2.51. The van der Waals surface area contributed by atoms with Gasteiger partial charge in [-0.25, -0.2) is 4.39 Å². The van der Waals surface area contributed by atoms with Crippen LogP contribution in [0.4, 0.5) is 4.39 Å². The average molecular weight is 476 g/mol. The van der Waals surface area contributed by atoms with Crippen molar-refractivity contribution in [2.45, 2.75) is 89.1 Å². The van der Waals surface area contributed by atoms with E-state index in [0.717, 1.165) is 12.8 Å². The molecule has 0 radical (unpaired) electrons. The minimum atomic E-state index is -1.10. The predicted molar refractivity (Wildman–Crippen MR) is 123 cm³/mol. The highest BCUT2D eigenvalue weighted by Gasteiger charge is 2.38. The smallest absolute Gasteiger partial charge is 0.303 e. The molecule has 1 aromatic carbocycles. The fourth-order valence-corrected chi connectivity index (χ4v) is 5.40. The SMILES string of the molecule is CC(N[C@H]1CCCO[C@@H]1Cc1ccc2c(c1F)CN([C@@H](CCC(=O)O)C(N)=O)C2=O)C1CCC1. The zero-order valence-electron chi connectivity index (χ0n) is 19.6. The summed E-state index contributed by atoms with van der Waals surface area (Å²) in [6.45, 7) is 2.75. The van der Waals surface area contributed by atoms with Crippen LogP contribution in [0, 0.1) is 11.7 Å². The third-order valence-electron chi connectivity index (χ3n) is 7.67. The molecular formula is C25H34FN3O5. The van der Waals surface area contributed by atoms with Crippen molar-refractivity contribution in [1.29, 1.82) is 0 Å². The van der Waals surface area contributed by atoms with E-state index in [1.165, 1.54) is 24.2 Å². The number of nitrogens with zero attached hydrogens (tertiary/aromatic N) is 1. The number of nitrogens with one attached hydrogen (secondary N) is 1. The number of nitrogens with two attached hydrogens (primary N) is 1. The largest absolute Gasteiger partial charge is 0.481 e. The van der Waals surface area contributed by atoms with Crippen LogP contribution < -0.4 is 11.1 Å². The molecule has 2 aliphatic heterocycles. The van der Waals surface area contributed by atoms with Crippen LogP contribution in [0.3, 0.4) is 0 Å². The Morgan fingerprint density at radius 3 is 2.71 bits per heavy atom. The molecule has 8 nitrogen and oxygen atoms in total. The molecule has 1 saturated carbocycles. The number of benzene rings is 1. The number of fused-ring (bicyclic) bond motifs is 1. The molecule has 0 aromatic heterocycles. The molecule has 34 heavy (non-hydrogen) atoms. The Morgan fingerprint density at radius 1 is 1.29 bits per heavy atom. The van der Waals surface area contributed by atoms with Crippen LogP contribution in [0.5, 0.6) is 0 Å². The summed E-state index contributed by atoms with van der Waals surface area (Å²) in [5, 5.41) is 12.7. The summed E-state index contributed by atoms with van der Waals surface area (Å²) < 4.78 is 21.6. The number of carboxylic acids is 1. The van der Waals surface area contributed by atoms with Crippen LogP contribution in [0.2, 0.25) is 0 Å². The molecule has 1 aromatic rings. The zero-order valence-corrected chi connectivity index (χ0v) is 19.6. The minimum Gasteiger partial charge on any atom is -0.481 e. The lowest BCUT2D eigenvalue weighted by atomic mass is 9.79. The highest BCUT2D eigenvalue weighted by Crippen LogP contribution is 2.33. The third-order valence-corrected chi connectivity index (χ3v) is 7.67. The molecule has 2 fully saturated rings. The van der Waals surface area contributed by atoms with Gasteiger partial charge in [0.1, 0.15) is 11.9 Å². The summed E-state index contributed by atoms with van der Waals surface area (Å²) in [6.07, 6.45) is 5.52. The number of hydrogen-bond donors (Lipinski definition) is 3. The first-order valence-corrected chi connectivity index (χ1v) is 12.3. The fraction of sp³-hybridized carbons (Fsp3) is 0.640. The van der Waals surface area contributed by atoms with E-state index in [1.54, 1.807) is 12.1 Å². The van der Waals surface area contributed by atoms with Gasteiger partial charge in [-0.3, -0.25) is 14.4 Å². The van der Waals surface area contributed by atoms with E-state index in [0.29, 0.717) is 30.6 Å². The minimum absolute atomic E-state index is 0.104. The van der Waals surface area contributed by atoms with Crippen molar-refractivity contribution >= 4 is 17.8 Å². The highest BCUT2D eigenvalue weighted by molar-refractivity contribution is 6.01. The number of carboxylic acid groups (broad SMARTS) is 1. The summed E-state index contributed by atoms with van der Waals surface area (Å²) in [5.74, 6) is -2.16. The monoisotopic (exact) mass is 475 g/mol. The normalized spacial score (nSPS) is 24.4. The van der Waals surface area contributed by atoms with Crippen molar-refractivity contribution in [3.8, 4) is 0 Å². The molecule has 9 heteroatoms. The van der Waals surface area contributed by atoms with Crippen LogP contribution in [0.1, 0.15) is 73.4 Å². The molecule has 1 aliphatic carbocycles. The van der Waals surface area contributed by atoms with Gasteiger partial charge in [-0.05, 0) is 56.6 Å². The Labute approximate surface area is 199 Å². The Kier molecular flexibility index (Phi) is 7.52. The van der Waals surface area contributed by atoms with E-state index < -0.39 is 29.6 Å². The zero-order chi connectivity index (χ0) is 24.4. The second-order valence-corrected chi connectivity index (χ2v) is 9.86. The fourth-order valence-electron chi connectivity index (χ4n) is 5.40. The van der Waals surface area contributed by atoms with Crippen molar-refractivity contribution in [3.05, 3.63) is 34.6 Å². The molecule has 1 saturated heterocycles. The van der Waals surface area contributed by atoms with E-state index in [2.05, 4.69) is 12.2 Å². The molecule has 2 heterocycles. The maximum absolute atomic E-state index is 15.6. The maximum atomic E-state index is 15.6. The number of carbonyl (C=O) groups is 3. The van der Waals surface area contributed by atoms with Gasteiger partial charge in [0.05, 0.1) is 12.6 Å². The molecule has 4 N–H and O–H groups in total. The lowest BCUT2D eigenvalue weighted by Gasteiger charge is -2.39. The van der Waals surface area contributed by atoms with Crippen molar-refractivity contribution in [1.82, 2.24) is 10.2 Å². The van der Waals surface area contributed by atoms with Crippen molar-refractivity contribution < 1.29 is 28.6 Å². The summed E-state index contributed by atoms with van der Waals surface area (Å²) in [5.41, 5.74) is 6.34. The van der Waals surface area contributed by atoms with Crippen LogP contribution in [0.15, 0.2) is 12.1 Å². The molecule has 0 bridgehead atoms. The second kappa shape index (κ2) is 10.4. The second-order valence-electron chi connectivity index (χ2n) is 9.86. The number of hydrogen-bond acceptors (Lipinski definition) is 5. The number of aliphatic carboxylic acids is 1. The first-order valence-electron chi connectivity index (χ1n) is 12.3. The van der Waals surface area contributed by atoms with Gasteiger partial charge >= 0.3 is 5.97 Å². The number of amides is 2. The number of ether oxygens (including phenoxy) is 1. The van der Waals surface area contributed by atoms with Gasteiger partial charge in [-0.15, -0.1) is 0 Å². The van der Waals surface area contributed by atoms with Crippen LogP contribution in [-0.4, -0.2) is 58.6 Å². The number of rotatable bonds is 10. The van der Waals surface area contributed by atoms with E-state index in [9.17, 15) is 14.4 Å². The number of halogens is 1. The number of primary amides is 1. The van der Waals surface area contributed by atoms with Gasteiger partial charge in [0.2, 0.25) is 5.91 Å². The van der Waals surface area contributed by atoms with Crippen LogP contribution >= 0.6 is 0 Å². The molecule has 2 amide bonds. The Balaban J connectivity index is 1.48. The molecule has 4 rings (SSSR count). The van der Waals surface area contributed by atoms with E-state index in [4.69, 9.17) is 15.6 Å². The van der Waals surface area contributed by atoms with Gasteiger partial charge in [-0.1, -0.05) is 12.5 Å². The molecule has 0 spiro atoms. The molecule has 186 valence electrons. The summed E-state index contributed by atoms with van der Waals surface area (Å²) in [4.78, 5) is 36.9. The number of carbonyl (C=O) groups excluding carboxylic acids is 2. The maximum Gasteiger partial charge on any atom is 0.303 e. The molecule has 4 atom stereocenters. The van der Waals surface area contributed by atoms with Crippen LogP contribution in [-0.2, 0) is 27.3 Å². The van der Waals surface area contributed by atoms with Gasteiger partial charge < -0.3 is 25.8 Å². The lowest BCUT2D eigenvalue weighted by molar-refractivity contribution is -0.137. The standard InChI is InChI=1S/C25H34FN3O5/c1-14(15-4-2-5-15)28-19-6-3-11-34-21(19)12-16-7-8-17-18(23(16)26)13-29(25(17)33)20(24(27)32)9-10-22(30)31/h7-8,14-15,19-21,28H,2-6,9-13H2,1H3,(H2,27,32)(H,30,31)/t14?,19-,20-,21+/m0/s1. The van der Waals surface area contributed by atoms with Gasteiger partial charge in [0, 0.05) is 42.7 Å². The predicted octanol–water partition coefficient (Wildman–Crippen LogP) is 2.37. The summed E-state index contributed by atoms with van der Waals surface area (Å²) >= 11 is 0. The summed E-state index contributed by atoms with van der Waals surface area (Å²) in [6, 6.07) is 2.66. The average Bonchev–Trinajstić information content (AvgIpc) is 3.07. The summed E-state index contributed by atoms with van der Waals surface area (Å²) in [7, 11) is 0. The first kappa shape index (κ1) is 24.6. The van der Waals surface area contributed by atoms with Crippen LogP contribution in [0.25, 0.3) is 0 Å². The Morgan fingerprint density at radius 2 is 2.06 bits per heavy atom. The van der Waals surface area contributed by atoms with Crippen molar-refractivity contribution in [2.24, 2.45) is 11.7 Å². The van der Waals surface area contributed by atoms with Gasteiger partial charge in [0.25, 0.3) is 5.91 Å². The van der Waals surface area contributed by atoms with Crippen molar-refractivity contribution in [2.75, 3.05) is 6.61 Å². The molecule has 3 aliphatic rings. The van der Waals surface area contributed by atoms with E-state index >= 15 is 4.39 Å². The Hall–Kier alpha value is -2.52. The topological polar surface area (TPSA) is 122 Å². The van der Waals surface area contributed by atoms with Gasteiger partial charge in [0.15, 0.2) is 0 Å². The van der Waals surface area contributed by atoms with E-state index in [-0.39, 0.29) is 42.7 Å².